The van der Waals surface area contributed by atoms with Gasteiger partial charge < -0.3 is 4.90 Å². The van der Waals surface area contributed by atoms with E-state index in [-0.39, 0.29) is 17.5 Å². The fourth-order valence-electron chi connectivity index (χ4n) is 5.27. The van der Waals surface area contributed by atoms with Gasteiger partial charge in [-0.25, -0.2) is 4.98 Å². The molecule has 1 atom stereocenters. The van der Waals surface area contributed by atoms with Gasteiger partial charge >= 0.3 is 0 Å². The number of benzene rings is 1. The Balaban J connectivity index is 1.46. The van der Waals surface area contributed by atoms with Gasteiger partial charge in [-0.3, -0.25) is 14.2 Å². The van der Waals surface area contributed by atoms with E-state index in [4.69, 9.17) is 4.98 Å². The van der Waals surface area contributed by atoms with E-state index in [0.29, 0.717) is 21.6 Å². The van der Waals surface area contributed by atoms with E-state index >= 15 is 0 Å². The zero-order chi connectivity index (χ0) is 22.5. The largest absolute Gasteiger partial charge is 0.326 e. The number of nitrogens with zero attached hydrogens (tertiary/aromatic N) is 3. The SMILES string of the molecule is Cc1c(C(=O)N2CCc3sccc3C2c2ccccc2)sc2nc3n(c(=O)c12)CCCCC3. The molecule has 1 unspecified atom stereocenters. The van der Waals surface area contributed by atoms with Gasteiger partial charge in [-0.1, -0.05) is 36.8 Å². The lowest BCUT2D eigenvalue weighted by Gasteiger charge is -2.36. The Morgan fingerprint density at radius 1 is 1.06 bits per heavy atom. The normalized spacial score (nSPS) is 18.1. The number of hydrogen-bond donors (Lipinski definition) is 0. The summed E-state index contributed by atoms with van der Waals surface area (Å²) in [6.45, 7) is 3.30. The summed E-state index contributed by atoms with van der Waals surface area (Å²) in [5.74, 6) is 0.870. The number of thiophene rings is 2. The summed E-state index contributed by atoms with van der Waals surface area (Å²) in [6.07, 6.45) is 4.88. The molecular formula is C26H25N3O2S2. The molecule has 0 aliphatic carbocycles. The van der Waals surface area contributed by atoms with Crippen molar-refractivity contribution in [2.24, 2.45) is 0 Å². The smallest absolute Gasteiger partial charge is 0.265 e. The second kappa shape index (κ2) is 8.22. The molecule has 0 fully saturated rings. The molecule has 0 bridgehead atoms. The van der Waals surface area contributed by atoms with E-state index in [2.05, 4.69) is 23.6 Å². The van der Waals surface area contributed by atoms with Crippen LogP contribution >= 0.6 is 22.7 Å². The number of aromatic nitrogens is 2. The third-order valence-electron chi connectivity index (χ3n) is 6.95. The fourth-order valence-corrected chi connectivity index (χ4v) is 7.32. The van der Waals surface area contributed by atoms with Gasteiger partial charge in [0, 0.05) is 24.4 Å². The number of aryl methyl sites for hydroxylation is 2. The molecule has 0 spiro atoms. The van der Waals surface area contributed by atoms with E-state index < -0.39 is 0 Å². The van der Waals surface area contributed by atoms with Gasteiger partial charge in [-0.05, 0) is 54.3 Å². The summed E-state index contributed by atoms with van der Waals surface area (Å²) in [5.41, 5.74) is 3.13. The van der Waals surface area contributed by atoms with E-state index in [9.17, 15) is 9.59 Å². The monoisotopic (exact) mass is 475 g/mol. The van der Waals surface area contributed by atoms with Crippen LogP contribution in [0.1, 0.15) is 62.4 Å². The first kappa shape index (κ1) is 20.8. The highest BCUT2D eigenvalue weighted by atomic mass is 32.1. The Hall–Kier alpha value is -2.77. The molecule has 2 aliphatic rings. The van der Waals surface area contributed by atoms with Gasteiger partial charge in [0.15, 0.2) is 0 Å². The third kappa shape index (κ3) is 3.37. The quantitative estimate of drug-likeness (QED) is 0.393. The van der Waals surface area contributed by atoms with Crippen molar-refractivity contribution >= 4 is 38.8 Å². The topological polar surface area (TPSA) is 55.2 Å². The summed E-state index contributed by atoms with van der Waals surface area (Å²) in [6, 6.07) is 12.3. The van der Waals surface area contributed by atoms with Crippen LogP contribution in [0.2, 0.25) is 0 Å². The van der Waals surface area contributed by atoms with Gasteiger partial charge in [0.05, 0.1) is 16.3 Å². The zero-order valence-electron chi connectivity index (χ0n) is 18.5. The first-order valence-corrected chi connectivity index (χ1v) is 13.3. The molecule has 1 aromatic carbocycles. The average Bonchev–Trinajstić information content (AvgIpc) is 3.36. The minimum atomic E-state index is -0.107. The van der Waals surface area contributed by atoms with Crippen LogP contribution in [0.25, 0.3) is 10.2 Å². The van der Waals surface area contributed by atoms with Crippen molar-refractivity contribution in [3.63, 3.8) is 0 Å². The second-order valence-corrected chi connectivity index (χ2v) is 10.9. The molecule has 1 amide bonds. The number of rotatable bonds is 2. The summed E-state index contributed by atoms with van der Waals surface area (Å²) >= 11 is 3.16. The Labute approximate surface area is 200 Å². The lowest BCUT2D eigenvalue weighted by molar-refractivity contribution is 0.0700. The summed E-state index contributed by atoms with van der Waals surface area (Å²) < 4.78 is 1.84. The molecule has 6 rings (SSSR count). The standard InChI is InChI=1S/C26H25N3O2S2/c1-16-21-24(27-20-10-6-3-7-13-28(20)25(21)30)33-23(16)26(31)29-14-11-19-18(12-15-32-19)22(29)17-8-4-2-5-9-17/h2,4-5,8-9,12,15,22H,3,6-7,10-11,13-14H2,1H3. The van der Waals surface area contributed by atoms with Gasteiger partial charge in [0.1, 0.15) is 10.7 Å². The van der Waals surface area contributed by atoms with Crippen LogP contribution < -0.4 is 5.56 Å². The van der Waals surface area contributed by atoms with Crippen molar-refractivity contribution in [1.82, 2.24) is 14.5 Å². The average molecular weight is 476 g/mol. The molecule has 0 radical (unpaired) electrons. The Bertz CT molecular complexity index is 1420. The van der Waals surface area contributed by atoms with Crippen molar-refractivity contribution in [1.29, 1.82) is 0 Å². The van der Waals surface area contributed by atoms with E-state index in [0.717, 1.165) is 55.6 Å². The number of amides is 1. The van der Waals surface area contributed by atoms with Crippen molar-refractivity contribution in [3.8, 4) is 0 Å². The maximum absolute atomic E-state index is 14.0. The number of carbonyl (C=O) groups is 1. The Morgan fingerprint density at radius 2 is 1.91 bits per heavy atom. The zero-order valence-corrected chi connectivity index (χ0v) is 20.2. The minimum Gasteiger partial charge on any atom is -0.326 e. The van der Waals surface area contributed by atoms with E-state index in [1.165, 1.54) is 21.8 Å². The molecule has 33 heavy (non-hydrogen) atoms. The number of fused-ring (bicyclic) bond motifs is 3. The Morgan fingerprint density at radius 3 is 2.76 bits per heavy atom. The van der Waals surface area contributed by atoms with Crippen LogP contribution in [0, 0.1) is 6.92 Å². The molecule has 5 nitrogen and oxygen atoms in total. The lowest BCUT2D eigenvalue weighted by atomic mass is 9.93. The first-order valence-electron chi connectivity index (χ1n) is 11.6. The second-order valence-electron chi connectivity index (χ2n) is 8.89. The maximum Gasteiger partial charge on any atom is 0.265 e. The highest BCUT2D eigenvalue weighted by molar-refractivity contribution is 7.20. The van der Waals surface area contributed by atoms with Crippen LogP contribution in [0.15, 0.2) is 46.6 Å². The minimum absolute atomic E-state index is 0.000738. The molecule has 4 aromatic rings. The molecule has 7 heteroatoms. The maximum atomic E-state index is 14.0. The molecule has 0 N–H and O–H groups in total. The highest BCUT2D eigenvalue weighted by Crippen LogP contribution is 2.40. The number of hydrogen-bond acceptors (Lipinski definition) is 5. The first-order chi connectivity index (χ1) is 16.1. The predicted molar refractivity (Wildman–Crippen MR) is 134 cm³/mol. The van der Waals surface area contributed by atoms with Crippen molar-refractivity contribution in [2.45, 2.75) is 51.6 Å². The van der Waals surface area contributed by atoms with Crippen molar-refractivity contribution in [2.75, 3.05) is 6.54 Å². The van der Waals surface area contributed by atoms with Crippen LogP contribution in [-0.4, -0.2) is 26.9 Å². The van der Waals surface area contributed by atoms with Gasteiger partial charge in [0.25, 0.3) is 11.5 Å². The number of carbonyl (C=O) groups excluding carboxylic acids is 1. The Kier molecular flexibility index (Phi) is 5.18. The molecule has 0 saturated heterocycles. The molecule has 3 aromatic heterocycles. The predicted octanol–water partition coefficient (Wildman–Crippen LogP) is 5.34. The summed E-state index contributed by atoms with van der Waals surface area (Å²) in [5, 5.41) is 2.75. The van der Waals surface area contributed by atoms with Gasteiger partial charge in [0.2, 0.25) is 0 Å². The molecule has 2 aliphatic heterocycles. The molecule has 5 heterocycles. The highest BCUT2D eigenvalue weighted by Gasteiger charge is 2.35. The molecule has 168 valence electrons. The van der Waals surface area contributed by atoms with E-state index in [1.54, 1.807) is 11.3 Å². The van der Waals surface area contributed by atoms with Crippen molar-refractivity contribution in [3.05, 3.63) is 84.4 Å². The summed E-state index contributed by atoms with van der Waals surface area (Å²) in [7, 11) is 0. The van der Waals surface area contributed by atoms with Crippen LogP contribution in [0.4, 0.5) is 0 Å². The van der Waals surface area contributed by atoms with Crippen LogP contribution in [0.3, 0.4) is 0 Å². The lowest BCUT2D eigenvalue weighted by Crippen LogP contribution is -2.40. The fraction of sp³-hybridized carbons (Fsp3) is 0.346. The van der Waals surface area contributed by atoms with Crippen LogP contribution in [-0.2, 0) is 19.4 Å². The van der Waals surface area contributed by atoms with Gasteiger partial charge in [-0.15, -0.1) is 22.7 Å². The van der Waals surface area contributed by atoms with Crippen LogP contribution in [0.5, 0.6) is 0 Å². The molecular weight excluding hydrogens is 450 g/mol. The summed E-state index contributed by atoms with van der Waals surface area (Å²) in [4.78, 5) is 36.9. The molecule has 0 saturated carbocycles. The third-order valence-corrected chi connectivity index (χ3v) is 9.12. The van der Waals surface area contributed by atoms with Gasteiger partial charge in [-0.2, -0.15) is 0 Å². The van der Waals surface area contributed by atoms with Crippen molar-refractivity contribution < 1.29 is 4.79 Å². The van der Waals surface area contributed by atoms with E-state index in [1.807, 2.05) is 34.6 Å².